The topological polar surface area (TPSA) is 126 Å². The predicted molar refractivity (Wildman–Crippen MR) is 124 cm³/mol. The molecule has 0 radical (unpaired) electrons. The van der Waals surface area contributed by atoms with E-state index in [9.17, 15) is 4.79 Å². The zero-order valence-corrected chi connectivity index (χ0v) is 18.0. The van der Waals surface area contributed by atoms with Gasteiger partial charge in [0.1, 0.15) is 22.8 Å². The molecule has 32 heavy (non-hydrogen) atoms. The zero-order chi connectivity index (χ0) is 22.3. The Balaban J connectivity index is 1.72. The summed E-state index contributed by atoms with van der Waals surface area (Å²) in [6.45, 7) is 0. The van der Waals surface area contributed by atoms with Gasteiger partial charge in [0.15, 0.2) is 5.69 Å². The number of hydrogen-bond donors (Lipinski definition) is 3. The molecule has 4 aromatic rings. The summed E-state index contributed by atoms with van der Waals surface area (Å²) in [6, 6.07) is 16.4. The number of nitrogens with zero attached hydrogens (tertiary/aromatic N) is 4. The molecule has 0 aliphatic carbocycles. The molecule has 4 rings (SSSR count). The Bertz CT molecular complexity index is 1290. The fourth-order valence-corrected chi connectivity index (χ4v) is 3.17. The number of hydrogen-bond acceptors (Lipinski definition) is 10. The number of methoxy groups -OCH3 is 2. The van der Waals surface area contributed by atoms with Crippen molar-refractivity contribution in [3.8, 4) is 11.5 Å². The summed E-state index contributed by atoms with van der Waals surface area (Å²) in [4.78, 5) is 15.5. The van der Waals surface area contributed by atoms with Gasteiger partial charge in [-0.3, -0.25) is 4.79 Å². The van der Waals surface area contributed by atoms with Gasteiger partial charge in [-0.15, -0.1) is 20.4 Å². The van der Waals surface area contributed by atoms with E-state index in [1.165, 1.54) is 16.8 Å². The second kappa shape index (κ2) is 9.71. The van der Waals surface area contributed by atoms with Gasteiger partial charge in [-0.25, -0.2) is 0 Å². The molecule has 10 nitrogen and oxygen atoms in total. The molecule has 0 bridgehead atoms. The van der Waals surface area contributed by atoms with Gasteiger partial charge in [-0.1, -0.05) is 23.5 Å². The molecule has 0 atom stereocenters. The number of benzene rings is 2. The highest BCUT2D eigenvalue weighted by molar-refractivity contribution is 7.13. The molecule has 2 heterocycles. The Morgan fingerprint density at radius 3 is 2.25 bits per heavy atom. The van der Waals surface area contributed by atoms with Crippen LogP contribution in [-0.2, 0) is 0 Å². The van der Waals surface area contributed by atoms with E-state index in [0.717, 1.165) is 11.4 Å². The quantitative estimate of drug-likeness (QED) is 0.318. The SMILES string of the molecule is COc1cccc(Nc2cc(N=Nc3nncs3)c(=O)[nH]c2Nc2cccc(OC)c2)c1. The van der Waals surface area contributed by atoms with Gasteiger partial charge in [0, 0.05) is 23.5 Å². The standard InChI is InChI=1S/C21H19N7O3S/c1-30-15-7-3-5-13(9-15)23-17-11-18(26-28-21-27-22-12-32-21)20(29)25-19(17)24-14-6-4-8-16(10-14)31-2/h3-12,23H,1-2H3,(H2,24,25,29). The molecule has 0 unspecified atom stereocenters. The van der Waals surface area contributed by atoms with E-state index in [1.807, 2.05) is 48.5 Å². The predicted octanol–water partition coefficient (Wildman–Crippen LogP) is 5.15. The number of rotatable bonds is 8. The van der Waals surface area contributed by atoms with Crippen LogP contribution in [0.1, 0.15) is 0 Å². The maximum absolute atomic E-state index is 12.7. The lowest BCUT2D eigenvalue weighted by Gasteiger charge is -2.15. The molecular weight excluding hydrogens is 430 g/mol. The van der Waals surface area contributed by atoms with Crippen LogP contribution in [0.2, 0.25) is 0 Å². The van der Waals surface area contributed by atoms with E-state index in [4.69, 9.17) is 9.47 Å². The van der Waals surface area contributed by atoms with Gasteiger partial charge in [0.2, 0.25) is 0 Å². The summed E-state index contributed by atoms with van der Waals surface area (Å²) in [6.07, 6.45) is 0. The van der Waals surface area contributed by atoms with Crippen LogP contribution in [-0.4, -0.2) is 29.4 Å². The molecular formula is C21H19N7O3S. The third kappa shape index (κ3) is 5.08. The van der Waals surface area contributed by atoms with E-state index >= 15 is 0 Å². The van der Waals surface area contributed by atoms with Gasteiger partial charge in [0.25, 0.3) is 10.7 Å². The lowest BCUT2D eigenvalue weighted by Crippen LogP contribution is -2.10. The van der Waals surface area contributed by atoms with Gasteiger partial charge in [-0.2, -0.15) is 0 Å². The molecule has 2 aromatic heterocycles. The van der Waals surface area contributed by atoms with E-state index in [1.54, 1.807) is 20.3 Å². The summed E-state index contributed by atoms with van der Waals surface area (Å²) in [5.41, 5.74) is 3.30. The summed E-state index contributed by atoms with van der Waals surface area (Å²) < 4.78 is 10.6. The summed E-state index contributed by atoms with van der Waals surface area (Å²) in [5, 5.41) is 22.4. The first-order chi connectivity index (χ1) is 15.6. The number of ether oxygens (including phenoxy) is 2. The van der Waals surface area contributed by atoms with Crippen molar-refractivity contribution >= 4 is 45.0 Å². The van der Waals surface area contributed by atoms with Gasteiger partial charge in [-0.05, 0) is 30.3 Å². The maximum Gasteiger partial charge on any atom is 0.277 e. The Morgan fingerprint density at radius 1 is 0.938 bits per heavy atom. The average molecular weight is 449 g/mol. The maximum atomic E-state index is 12.7. The Morgan fingerprint density at radius 2 is 1.62 bits per heavy atom. The van der Waals surface area contributed by atoms with Crippen LogP contribution in [0.25, 0.3) is 0 Å². The van der Waals surface area contributed by atoms with Crippen molar-refractivity contribution in [1.29, 1.82) is 0 Å². The third-order valence-electron chi connectivity index (χ3n) is 4.30. The number of anilines is 4. The van der Waals surface area contributed by atoms with Crippen molar-refractivity contribution in [3.63, 3.8) is 0 Å². The van der Waals surface area contributed by atoms with Crippen molar-refractivity contribution in [1.82, 2.24) is 15.2 Å². The summed E-state index contributed by atoms with van der Waals surface area (Å²) in [7, 11) is 3.19. The smallest absolute Gasteiger partial charge is 0.277 e. The number of azo groups is 1. The Labute approximate surface area is 187 Å². The number of pyridine rings is 1. The largest absolute Gasteiger partial charge is 0.497 e. The second-order valence-corrected chi connectivity index (χ2v) is 7.22. The second-order valence-electron chi connectivity index (χ2n) is 6.41. The van der Waals surface area contributed by atoms with Crippen LogP contribution < -0.4 is 25.7 Å². The van der Waals surface area contributed by atoms with Gasteiger partial charge >= 0.3 is 0 Å². The average Bonchev–Trinajstić information content (AvgIpc) is 3.34. The monoisotopic (exact) mass is 449 g/mol. The highest BCUT2D eigenvalue weighted by Gasteiger charge is 2.11. The fourth-order valence-electron chi connectivity index (χ4n) is 2.80. The molecule has 0 amide bonds. The van der Waals surface area contributed by atoms with Crippen LogP contribution >= 0.6 is 11.3 Å². The molecule has 162 valence electrons. The van der Waals surface area contributed by atoms with Crippen LogP contribution in [0.15, 0.2) is 75.1 Å². The first-order valence-corrected chi connectivity index (χ1v) is 10.3. The van der Waals surface area contributed by atoms with Crippen LogP contribution in [0.3, 0.4) is 0 Å². The minimum Gasteiger partial charge on any atom is -0.497 e. The lowest BCUT2D eigenvalue weighted by atomic mass is 10.2. The zero-order valence-electron chi connectivity index (χ0n) is 17.2. The number of nitrogens with one attached hydrogen (secondary N) is 3. The molecule has 3 N–H and O–H groups in total. The highest BCUT2D eigenvalue weighted by atomic mass is 32.1. The van der Waals surface area contributed by atoms with Crippen LogP contribution in [0, 0.1) is 0 Å². The van der Waals surface area contributed by atoms with Crippen LogP contribution in [0.5, 0.6) is 11.5 Å². The van der Waals surface area contributed by atoms with Crippen molar-refractivity contribution in [2.75, 3.05) is 24.9 Å². The fraction of sp³-hybridized carbons (Fsp3) is 0.0952. The van der Waals surface area contributed by atoms with Crippen molar-refractivity contribution in [2.24, 2.45) is 10.2 Å². The van der Waals surface area contributed by atoms with E-state index in [-0.39, 0.29) is 5.69 Å². The van der Waals surface area contributed by atoms with Gasteiger partial charge < -0.3 is 25.1 Å². The molecule has 0 aliphatic rings. The van der Waals surface area contributed by atoms with Crippen LogP contribution in [0.4, 0.5) is 33.7 Å². The Kier molecular flexibility index (Phi) is 6.37. The van der Waals surface area contributed by atoms with Crippen molar-refractivity contribution in [3.05, 3.63) is 70.5 Å². The molecule has 0 fully saturated rings. The minimum atomic E-state index is -0.417. The summed E-state index contributed by atoms with van der Waals surface area (Å²) >= 11 is 1.22. The Hall–Kier alpha value is -4.25. The number of aromatic amines is 1. The molecule has 0 aliphatic heterocycles. The van der Waals surface area contributed by atoms with E-state index in [2.05, 4.69) is 36.0 Å². The van der Waals surface area contributed by atoms with E-state index < -0.39 is 5.56 Å². The first kappa shape index (κ1) is 21.0. The normalized spacial score (nSPS) is 10.8. The third-order valence-corrected chi connectivity index (χ3v) is 4.88. The number of aromatic nitrogens is 3. The van der Waals surface area contributed by atoms with Gasteiger partial charge in [0.05, 0.1) is 19.9 Å². The van der Waals surface area contributed by atoms with Crippen molar-refractivity contribution < 1.29 is 9.47 Å². The molecule has 2 aromatic carbocycles. The first-order valence-electron chi connectivity index (χ1n) is 9.42. The molecule has 0 saturated heterocycles. The lowest BCUT2D eigenvalue weighted by molar-refractivity contribution is 0.415. The highest BCUT2D eigenvalue weighted by Crippen LogP contribution is 2.31. The molecule has 0 spiro atoms. The van der Waals surface area contributed by atoms with E-state index in [0.29, 0.717) is 28.1 Å². The summed E-state index contributed by atoms with van der Waals surface area (Å²) in [5.74, 6) is 1.82. The van der Waals surface area contributed by atoms with Crippen molar-refractivity contribution in [2.45, 2.75) is 0 Å². The molecule has 11 heteroatoms. The molecule has 0 saturated carbocycles. The minimum absolute atomic E-state index is 0.113. The number of H-pyrrole nitrogens is 1.